The number of hydrogen-bond donors (Lipinski definition) is 0. The van der Waals surface area contributed by atoms with Gasteiger partial charge in [-0.05, 0) is 140 Å². The molecule has 6 fully saturated rings. The van der Waals surface area contributed by atoms with Crippen LogP contribution >= 0.6 is 0 Å². The van der Waals surface area contributed by atoms with Gasteiger partial charge in [-0.2, -0.15) is 0 Å². The fourth-order valence-electron chi connectivity index (χ4n) is 14.9. The third kappa shape index (κ3) is 4.50. The molecule has 0 N–H and O–H groups in total. The number of aromatic nitrogens is 3. The van der Waals surface area contributed by atoms with E-state index in [-0.39, 0.29) is 50.5 Å². The van der Waals surface area contributed by atoms with Gasteiger partial charge in [-0.1, -0.05) is 74.0 Å². The summed E-state index contributed by atoms with van der Waals surface area (Å²) in [6.07, 6.45) is 16.4. The number of nitrogens with zero attached hydrogens (tertiary/aromatic N) is 3. The first-order valence-electron chi connectivity index (χ1n) is 20.2. The molecule has 2 aromatic heterocycles. The zero-order valence-corrected chi connectivity index (χ0v) is 32.5. The Kier molecular flexibility index (Phi) is 7.78. The first-order chi connectivity index (χ1) is 23.6. The van der Waals surface area contributed by atoms with Crippen molar-refractivity contribution in [3.05, 3.63) is 42.6 Å². The van der Waals surface area contributed by atoms with Crippen LogP contribution in [-0.4, -0.2) is 27.3 Å². The van der Waals surface area contributed by atoms with Gasteiger partial charge in [0.1, 0.15) is 6.10 Å². The van der Waals surface area contributed by atoms with E-state index in [1.54, 1.807) is 6.20 Å². The van der Waals surface area contributed by atoms with E-state index in [1.165, 1.54) is 37.7 Å². The average Bonchev–Trinajstić information content (AvgIpc) is 3.41. The molecular weight excluding hydrogens is 619 g/mol. The minimum Gasteiger partial charge on any atom is -0.462 e. The minimum absolute atomic E-state index is 0.00865. The number of hydrogen-bond acceptors (Lipinski definition) is 6. The van der Waals surface area contributed by atoms with Crippen LogP contribution in [0.4, 0.5) is 0 Å². The summed E-state index contributed by atoms with van der Waals surface area (Å²) in [4.78, 5) is 17.9. The smallest absolute Gasteiger partial charge is 0.310 e. The normalized spacial score (nSPS) is 45.4. The molecule has 6 aliphatic rings. The lowest BCUT2D eigenvalue weighted by Gasteiger charge is -2.72. The highest BCUT2D eigenvalue weighted by Crippen LogP contribution is 2.77. The van der Waals surface area contributed by atoms with Crippen molar-refractivity contribution in [1.29, 1.82) is 0 Å². The molecule has 0 bridgehead atoms. The molecule has 6 saturated carbocycles. The Bertz CT molecular complexity index is 1660. The van der Waals surface area contributed by atoms with Gasteiger partial charge in [0.15, 0.2) is 0 Å². The highest BCUT2D eigenvalue weighted by Gasteiger charge is 2.72. The number of allylic oxidation sites excluding steroid dienone is 1. The second-order valence-corrected chi connectivity index (χ2v) is 20.1. The molecule has 2 aromatic rings. The molecule has 0 unspecified atom stereocenters. The van der Waals surface area contributed by atoms with E-state index >= 15 is 0 Å². The van der Waals surface area contributed by atoms with Crippen molar-refractivity contribution in [2.75, 3.05) is 0 Å². The second kappa shape index (κ2) is 11.3. The lowest BCUT2D eigenvalue weighted by molar-refractivity contribution is -0.246. The fourth-order valence-corrected chi connectivity index (χ4v) is 14.9. The van der Waals surface area contributed by atoms with Crippen molar-refractivity contribution < 1.29 is 13.9 Å². The highest BCUT2D eigenvalue weighted by atomic mass is 16.5. The molecule has 12 atom stereocenters. The van der Waals surface area contributed by atoms with Gasteiger partial charge in [0.05, 0.1) is 16.9 Å². The van der Waals surface area contributed by atoms with Gasteiger partial charge in [-0.25, -0.2) is 0 Å². The average molecular weight is 682 g/mol. The molecule has 0 saturated heterocycles. The Morgan fingerprint density at radius 3 is 2.36 bits per heavy atom. The van der Waals surface area contributed by atoms with Crippen molar-refractivity contribution >= 4 is 5.97 Å². The Labute approximate surface area is 301 Å². The third-order valence-electron chi connectivity index (χ3n) is 17.8. The molecule has 0 aliphatic heterocycles. The van der Waals surface area contributed by atoms with Gasteiger partial charge < -0.3 is 9.15 Å². The van der Waals surface area contributed by atoms with Gasteiger partial charge in [0.25, 0.3) is 0 Å². The van der Waals surface area contributed by atoms with Crippen molar-refractivity contribution in [3.63, 3.8) is 0 Å². The molecule has 50 heavy (non-hydrogen) atoms. The fraction of sp³-hybridized carbons (Fsp3) is 0.773. The summed E-state index contributed by atoms with van der Waals surface area (Å²) in [5.41, 5.74) is 2.87. The van der Waals surface area contributed by atoms with Crippen molar-refractivity contribution in [1.82, 2.24) is 15.2 Å². The summed E-state index contributed by atoms with van der Waals surface area (Å²) in [6, 6.07) is 3.94. The van der Waals surface area contributed by atoms with Gasteiger partial charge in [-0.3, -0.25) is 9.78 Å². The lowest BCUT2D eigenvalue weighted by atomic mass is 9.32. The summed E-state index contributed by atoms with van der Waals surface area (Å²) in [7, 11) is 0. The Balaban J connectivity index is 1.08. The van der Waals surface area contributed by atoms with E-state index in [0.717, 1.165) is 50.0 Å². The van der Waals surface area contributed by atoms with E-state index in [9.17, 15) is 4.79 Å². The predicted octanol–water partition coefficient (Wildman–Crippen LogP) is 10.6. The number of carbonyl (C=O) groups is 1. The number of pyridine rings is 1. The topological polar surface area (TPSA) is 78.1 Å². The zero-order chi connectivity index (χ0) is 35.6. The largest absolute Gasteiger partial charge is 0.462 e. The first-order valence-corrected chi connectivity index (χ1v) is 20.2. The Morgan fingerprint density at radius 2 is 1.68 bits per heavy atom. The summed E-state index contributed by atoms with van der Waals surface area (Å²) in [5, 5.41) is 9.43. The molecule has 6 aliphatic carbocycles. The van der Waals surface area contributed by atoms with Crippen LogP contribution in [0.1, 0.15) is 139 Å². The molecule has 8 rings (SSSR count). The van der Waals surface area contributed by atoms with Crippen LogP contribution in [0.5, 0.6) is 0 Å². The van der Waals surface area contributed by atoms with Gasteiger partial charge in [0, 0.05) is 17.8 Å². The predicted molar refractivity (Wildman–Crippen MR) is 197 cm³/mol. The quantitative estimate of drug-likeness (QED) is 0.223. The summed E-state index contributed by atoms with van der Waals surface area (Å²) >= 11 is 0. The van der Waals surface area contributed by atoms with Crippen LogP contribution in [0.3, 0.4) is 0 Å². The Morgan fingerprint density at radius 1 is 0.900 bits per heavy atom. The third-order valence-corrected chi connectivity index (χ3v) is 17.8. The van der Waals surface area contributed by atoms with Crippen LogP contribution in [-0.2, 0) is 14.9 Å². The van der Waals surface area contributed by atoms with Gasteiger partial charge in [0.2, 0.25) is 11.8 Å². The van der Waals surface area contributed by atoms with E-state index in [2.05, 4.69) is 79.0 Å². The van der Waals surface area contributed by atoms with Crippen LogP contribution in [0.15, 0.2) is 41.1 Å². The van der Waals surface area contributed by atoms with E-state index in [0.29, 0.717) is 41.4 Å². The maximum atomic E-state index is 13.6. The van der Waals surface area contributed by atoms with Gasteiger partial charge >= 0.3 is 5.97 Å². The maximum Gasteiger partial charge on any atom is 0.310 e. The van der Waals surface area contributed by atoms with Crippen LogP contribution in [0.25, 0.3) is 11.5 Å². The first kappa shape index (κ1) is 34.6. The molecule has 2 heterocycles. The standard InChI is InChI=1S/C44H63N3O3/c1-11-29-35(39(29,4)5)37(48)49-33-18-19-41(8)31(40(33,6)7)17-20-43(10)32(41)15-14-30-34-28(26(2)3)16-21-44(34,23-22-42(30,43)9)38-47-46-36(50-38)27-13-12-24-45-25-27/h12-13,24-25,28-35H,2,11,14-23H2,1,3-10H3/t28-,29+,30+,31-,32+,33-,34+,35+,41-,42+,43+,44-/m0/s1. The number of ether oxygens (including phenoxy) is 1. The highest BCUT2D eigenvalue weighted by molar-refractivity contribution is 5.77. The molecule has 0 amide bonds. The lowest BCUT2D eigenvalue weighted by Crippen LogP contribution is -2.67. The van der Waals surface area contributed by atoms with Gasteiger partial charge in [-0.15, -0.1) is 10.2 Å². The minimum atomic E-state index is -0.0949. The molecule has 0 radical (unpaired) electrons. The van der Waals surface area contributed by atoms with E-state index < -0.39 is 0 Å². The van der Waals surface area contributed by atoms with Crippen molar-refractivity contribution in [2.45, 2.75) is 144 Å². The second-order valence-electron chi connectivity index (χ2n) is 20.1. The number of carbonyl (C=O) groups excluding carboxylic acids is 1. The molecule has 0 spiro atoms. The number of fused-ring (bicyclic) bond motifs is 7. The molecule has 272 valence electrons. The maximum absolute atomic E-state index is 13.6. The summed E-state index contributed by atoms with van der Waals surface area (Å²) in [6.45, 7) is 26.5. The molecular formula is C44H63N3O3. The summed E-state index contributed by atoms with van der Waals surface area (Å²) in [5.74, 6) is 4.78. The molecule has 6 nitrogen and oxygen atoms in total. The molecule has 6 heteroatoms. The van der Waals surface area contributed by atoms with Crippen LogP contribution < -0.4 is 0 Å². The zero-order valence-electron chi connectivity index (χ0n) is 32.5. The Hall–Kier alpha value is -2.50. The van der Waals surface area contributed by atoms with E-state index in [1.807, 2.05) is 18.3 Å². The van der Waals surface area contributed by atoms with Crippen LogP contribution in [0.2, 0.25) is 0 Å². The van der Waals surface area contributed by atoms with Crippen molar-refractivity contribution in [2.24, 2.45) is 68.5 Å². The van der Waals surface area contributed by atoms with E-state index in [4.69, 9.17) is 14.3 Å². The molecule has 0 aromatic carbocycles. The monoisotopic (exact) mass is 681 g/mol. The summed E-state index contributed by atoms with van der Waals surface area (Å²) < 4.78 is 13.2. The van der Waals surface area contributed by atoms with Crippen LogP contribution in [0, 0.1) is 68.5 Å². The SMILES string of the molecule is C=C(C)[C@@H]1CC[C@]2(c3nnc(-c4cccnc4)o3)CC[C@]3(C)[C@H](CC[C@@H]4[C@@]5(C)CC[C@H](OC(=O)[C@H]6[C@@H](CC)C6(C)C)C(C)(C)[C@@H]5CC[C@]43C)[C@@H]12. The van der Waals surface area contributed by atoms with Crippen molar-refractivity contribution in [3.8, 4) is 11.5 Å². The number of esters is 1. The number of rotatable bonds is 6.